The van der Waals surface area contributed by atoms with Gasteiger partial charge in [-0.25, -0.2) is 14.8 Å². The minimum Gasteiger partial charge on any atom is -0.356 e. The molecule has 1 aromatic carbocycles. The standard InChI is InChI=1S/C21H20F3N5O2/c1-13-10-18(31-28-13)15-11-25-12-26-19(15)14-6-8-29(9-7-14)20(30)27-17-5-3-2-4-16(17)21(22,23)24/h2-5,10-12,14H,6-9H2,1H3,(H,27,30). The third-order valence-corrected chi connectivity index (χ3v) is 5.28. The Bertz CT molecular complexity index is 1070. The van der Waals surface area contributed by atoms with Gasteiger partial charge in [-0.05, 0) is 31.9 Å². The summed E-state index contributed by atoms with van der Waals surface area (Å²) in [5.41, 5.74) is 1.20. The molecule has 0 radical (unpaired) electrons. The van der Waals surface area contributed by atoms with E-state index in [1.54, 1.807) is 6.20 Å². The number of para-hydroxylation sites is 1. The molecule has 4 rings (SSSR count). The second-order valence-electron chi connectivity index (χ2n) is 7.39. The van der Waals surface area contributed by atoms with E-state index in [-0.39, 0.29) is 11.6 Å². The highest BCUT2D eigenvalue weighted by molar-refractivity contribution is 5.90. The van der Waals surface area contributed by atoms with Gasteiger partial charge in [-0.1, -0.05) is 17.3 Å². The van der Waals surface area contributed by atoms with Crippen LogP contribution >= 0.6 is 0 Å². The van der Waals surface area contributed by atoms with Gasteiger partial charge in [0.05, 0.1) is 28.2 Å². The third-order valence-electron chi connectivity index (χ3n) is 5.28. The molecule has 0 bridgehead atoms. The predicted octanol–water partition coefficient (Wildman–Crippen LogP) is 4.87. The van der Waals surface area contributed by atoms with Crippen LogP contribution in [-0.2, 0) is 6.18 Å². The molecule has 7 nitrogen and oxygen atoms in total. The third kappa shape index (κ3) is 4.52. The first kappa shape index (κ1) is 20.8. The number of nitrogens with one attached hydrogen (secondary N) is 1. The van der Waals surface area contributed by atoms with Crippen LogP contribution < -0.4 is 5.32 Å². The van der Waals surface area contributed by atoms with E-state index in [4.69, 9.17) is 4.52 Å². The van der Waals surface area contributed by atoms with Crippen LogP contribution in [0.5, 0.6) is 0 Å². The second kappa shape index (κ2) is 8.37. The zero-order valence-electron chi connectivity index (χ0n) is 16.7. The topological polar surface area (TPSA) is 84.2 Å². The number of urea groups is 1. The molecule has 31 heavy (non-hydrogen) atoms. The normalized spacial score (nSPS) is 15.2. The fourth-order valence-electron chi connectivity index (χ4n) is 3.73. The van der Waals surface area contributed by atoms with E-state index in [1.165, 1.54) is 29.4 Å². The van der Waals surface area contributed by atoms with Gasteiger partial charge in [0, 0.05) is 31.3 Å². The summed E-state index contributed by atoms with van der Waals surface area (Å²) in [6.45, 7) is 2.61. The van der Waals surface area contributed by atoms with Crippen LogP contribution in [-0.4, -0.2) is 39.1 Å². The Kier molecular flexibility index (Phi) is 5.62. The van der Waals surface area contributed by atoms with E-state index in [1.807, 2.05) is 13.0 Å². The Morgan fingerprint density at radius 1 is 1.23 bits per heavy atom. The SMILES string of the molecule is Cc1cc(-c2cncnc2C2CCN(C(=O)Nc3ccccc3C(F)(F)F)CC2)on1. The lowest BCUT2D eigenvalue weighted by atomic mass is 9.90. The molecule has 0 spiro atoms. The van der Waals surface area contributed by atoms with E-state index < -0.39 is 17.8 Å². The average Bonchev–Trinajstić information content (AvgIpc) is 3.19. The van der Waals surface area contributed by atoms with E-state index in [2.05, 4.69) is 20.4 Å². The maximum Gasteiger partial charge on any atom is 0.418 e. The molecule has 162 valence electrons. The first-order valence-electron chi connectivity index (χ1n) is 9.78. The van der Waals surface area contributed by atoms with Crippen molar-refractivity contribution in [3.63, 3.8) is 0 Å². The lowest BCUT2D eigenvalue weighted by Crippen LogP contribution is -2.41. The highest BCUT2D eigenvalue weighted by Gasteiger charge is 2.34. The molecular formula is C21H20F3N5O2. The van der Waals surface area contributed by atoms with Crippen LogP contribution in [0, 0.1) is 6.92 Å². The number of halogens is 3. The van der Waals surface area contributed by atoms with Crippen molar-refractivity contribution in [2.75, 3.05) is 18.4 Å². The van der Waals surface area contributed by atoms with Gasteiger partial charge < -0.3 is 14.7 Å². The quantitative estimate of drug-likeness (QED) is 0.640. The maximum atomic E-state index is 13.2. The molecule has 1 aliphatic heterocycles. The molecule has 0 aliphatic carbocycles. The monoisotopic (exact) mass is 431 g/mol. The molecule has 0 saturated carbocycles. The van der Waals surface area contributed by atoms with Gasteiger partial charge in [-0.15, -0.1) is 0 Å². The molecule has 3 heterocycles. The van der Waals surface area contributed by atoms with Gasteiger partial charge in [0.2, 0.25) is 0 Å². The summed E-state index contributed by atoms with van der Waals surface area (Å²) < 4.78 is 44.9. The van der Waals surface area contributed by atoms with Gasteiger partial charge in [0.25, 0.3) is 0 Å². The van der Waals surface area contributed by atoms with Crippen LogP contribution in [0.15, 0.2) is 47.4 Å². The number of alkyl halides is 3. The van der Waals surface area contributed by atoms with Crippen molar-refractivity contribution in [2.45, 2.75) is 31.9 Å². The molecule has 1 aliphatic rings. The summed E-state index contributed by atoms with van der Waals surface area (Å²) in [7, 11) is 0. The number of likely N-dealkylation sites (tertiary alicyclic amines) is 1. The number of aromatic nitrogens is 3. The maximum absolute atomic E-state index is 13.2. The second-order valence-corrected chi connectivity index (χ2v) is 7.39. The minimum atomic E-state index is -4.54. The van der Waals surface area contributed by atoms with Crippen molar-refractivity contribution in [2.24, 2.45) is 0 Å². The molecule has 1 saturated heterocycles. The highest BCUT2D eigenvalue weighted by atomic mass is 19.4. The number of benzene rings is 1. The number of carbonyl (C=O) groups is 1. The van der Waals surface area contributed by atoms with Crippen LogP contribution in [0.4, 0.5) is 23.7 Å². The summed E-state index contributed by atoms with van der Waals surface area (Å²) in [6, 6.07) is 6.20. The Hall–Kier alpha value is -3.43. The molecule has 3 aromatic rings. The van der Waals surface area contributed by atoms with Crippen LogP contribution in [0.3, 0.4) is 0 Å². The smallest absolute Gasteiger partial charge is 0.356 e. The van der Waals surface area contributed by atoms with Crippen LogP contribution in [0.1, 0.15) is 35.7 Å². The number of amides is 2. The van der Waals surface area contributed by atoms with Crippen molar-refractivity contribution >= 4 is 11.7 Å². The lowest BCUT2D eigenvalue weighted by molar-refractivity contribution is -0.136. The first-order chi connectivity index (χ1) is 14.8. The van der Waals surface area contributed by atoms with Crippen molar-refractivity contribution in [3.05, 3.63) is 59.8 Å². The average molecular weight is 431 g/mol. The van der Waals surface area contributed by atoms with Crippen molar-refractivity contribution in [3.8, 4) is 11.3 Å². The summed E-state index contributed by atoms with van der Waals surface area (Å²) >= 11 is 0. The number of nitrogens with zero attached hydrogens (tertiary/aromatic N) is 4. The molecule has 2 aromatic heterocycles. The zero-order chi connectivity index (χ0) is 22.0. The Balaban J connectivity index is 1.44. The Labute approximate surface area is 176 Å². The van der Waals surface area contributed by atoms with Crippen LogP contribution in [0.25, 0.3) is 11.3 Å². The zero-order valence-corrected chi connectivity index (χ0v) is 16.7. The van der Waals surface area contributed by atoms with Crippen molar-refractivity contribution in [1.82, 2.24) is 20.0 Å². The molecule has 1 fully saturated rings. The molecule has 0 unspecified atom stereocenters. The fraction of sp³-hybridized carbons (Fsp3) is 0.333. The van der Waals surface area contributed by atoms with E-state index >= 15 is 0 Å². The number of hydrogen-bond donors (Lipinski definition) is 1. The van der Waals surface area contributed by atoms with Gasteiger partial charge in [-0.3, -0.25) is 0 Å². The highest BCUT2D eigenvalue weighted by Crippen LogP contribution is 2.36. The molecule has 2 amide bonds. The number of carbonyl (C=O) groups excluding carboxylic acids is 1. The number of aryl methyl sites for hydroxylation is 1. The van der Waals surface area contributed by atoms with Gasteiger partial charge in [0.1, 0.15) is 6.33 Å². The number of hydrogen-bond acceptors (Lipinski definition) is 5. The van der Waals surface area contributed by atoms with E-state index in [0.717, 1.165) is 23.0 Å². The van der Waals surface area contributed by atoms with E-state index in [9.17, 15) is 18.0 Å². The summed E-state index contributed by atoms with van der Waals surface area (Å²) in [5, 5.41) is 6.31. The predicted molar refractivity (Wildman–Crippen MR) is 106 cm³/mol. The Morgan fingerprint density at radius 3 is 2.65 bits per heavy atom. The number of rotatable bonds is 3. The van der Waals surface area contributed by atoms with E-state index in [0.29, 0.717) is 31.7 Å². The number of anilines is 1. The lowest BCUT2D eigenvalue weighted by Gasteiger charge is -2.32. The largest absolute Gasteiger partial charge is 0.418 e. The van der Waals surface area contributed by atoms with Crippen LogP contribution in [0.2, 0.25) is 0 Å². The van der Waals surface area contributed by atoms with Crippen molar-refractivity contribution < 1.29 is 22.5 Å². The molecular weight excluding hydrogens is 411 g/mol. The summed E-state index contributed by atoms with van der Waals surface area (Å²) in [4.78, 5) is 22.6. The number of piperidine rings is 1. The van der Waals surface area contributed by atoms with Gasteiger partial charge >= 0.3 is 12.2 Å². The molecule has 10 heteroatoms. The van der Waals surface area contributed by atoms with Gasteiger partial charge in [0.15, 0.2) is 5.76 Å². The van der Waals surface area contributed by atoms with Crippen molar-refractivity contribution in [1.29, 1.82) is 0 Å². The fourth-order valence-corrected chi connectivity index (χ4v) is 3.73. The summed E-state index contributed by atoms with van der Waals surface area (Å²) in [5.74, 6) is 0.645. The first-order valence-corrected chi connectivity index (χ1v) is 9.78. The summed E-state index contributed by atoms with van der Waals surface area (Å²) in [6.07, 6.45) is -0.166. The molecule has 1 N–H and O–H groups in total. The minimum absolute atomic E-state index is 0.0647. The van der Waals surface area contributed by atoms with Gasteiger partial charge in [-0.2, -0.15) is 13.2 Å². The Morgan fingerprint density at radius 2 is 1.97 bits per heavy atom. The molecule has 0 atom stereocenters.